The van der Waals surface area contributed by atoms with E-state index >= 15 is 0 Å². The largest absolute Gasteiger partial charge is 0.451 e. The summed E-state index contributed by atoms with van der Waals surface area (Å²) in [5.74, 6) is -1.48. The number of hydrogen-bond donors (Lipinski definition) is 2. The van der Waals surface area contributed by atoms with E-state index in [1.807, 2.05) is 13.0 Å². The van der Waals surface area contributed by atoms with Crippen LogP contribution in [0.15, 0.2) is 24.5 Å². The summed E-state index contributed by atoms with van der Waals surface area (Å²) in [7, 11) is 0. The molecule has 2 rings (SSSR count). The second-order valence-electron chi connectivity index (χ2n) is 4.16. The number of aryl methyl sites for hydroxylation is 1. The average Bonchev–Trinajstić information content (AvgIpc) is 2.36. The molecule has 106 valence electrons. The van der Waals surface area contributed by atoms with E-state index in [1.165, 1.54) is 6.07 Å². The fraction of sp³-hybridized carbons (Fsp3) is 0.250. The third-order valence-electron chi connectivity index (χ3n) is 2.61. The van der Waals surface area contributed by atoms with Crippen LogP contribution in [-0.4, -0.2) is 15.0 Å². The molecule has 2 heterocycles. The van der Waals surface area contributed by atoms with Crippen LogP contribution in [0.2, 0.25) is 0 Å². The zero-order valence-electron chi connectivity index (χ0n) is 10.6. The van der Waals surface area contributed by atoms with Gasteiger partial charge in [0.2, 0.25) is 5.82 Å². The molecule has 20 heavy (non-hydrogen) atoms. The highest BCUT2D eigenvalue weighted by Crippen LogP contribution is 2.27. The van der Waals surface area contributed by atoms with Gasteiger partial charge in [-0.15, -0.1) is 0 Å². The van der Waals surface area contributed by atoms with Gasteiger partial charge in [-0.25, -0.2) is 9.97 Å². The molecular formula is C12H12F3N5. The lowest BCUT2D eigenvalue weighted by atomic mass is 10.1. The van der Waals surface area contributed by atoms with Crippen LogP contribution in [0.1, 0.15) is 17.0 Å². The number of rotatable bonds is 3. The van der Waals surface area contributed by atoms with Crippen LogP contribution < -0.4 is 11.1 Å². The van der Waals surface area contributed by atoms with Crippen molar-refractivity contribution >= 4 is 11.6 Å². The maximum absolute atomic E-state index is 12.6. The van der Waals surface area contributed by atoms with Gasteiger partial charge in [0, 0.05) is 25.0 Å². The van der Waals surface area contributed by atoms with E-state index in [-0.39, 0.29) is 11.6 Å². The quantitative estimate of drug-likeness (QED) is 0.904. The maximum Gasteiger partial charge on any atom is 0.451 e. The van der Waals surface area contributed by atoms with Crippen molar-refractivity contribution in [2.45, 2.75) is 19.6 Å². The fourth-order valence-corrected chi connectivity index (χ4v) is 1.55. The third kappa shape index (κ3) is 3.34. The molecule has 3 N–H and O–H groups in total. The minimum Gasteiger partial charge on any atom is -0.384 e. The Kier molecular flexibility index (Phi) is 3.73. The summed E-state index contributed by atoms with van der Waals surface area (Å²) >= 11 is 0. The van der Waals surface area contributed by atoms with Gasteiger partial charge in [0.25, 0.3) is 0 Å². The van der Waals surface area contributed by atoms with E-state index < -0.39 is 12.0 Å². The standard InChI is InChI=1S/C12H12F3N5/c1-7-2-3-17-5-8(7)6-18-10-4-9(16)19-11(20-10)12(13,14)15/h2-5H,6H2,1H3,(H3,16,18,19,20). The van der Waals surface area contributed by atoms with Crippen molar-refractivity contribution in [1.82, 2.24) is 15.0 Å². The lowest BCUT2D eigenvalue weighted by molar-refractivity contribution is -0.144. The Labute approximate surface area is 113 Å². The molecule has 0 amide bonds. The molecule has 0 saturated heterocycles. The highest BCUT2D eigenvalue weighted by Gasteiger charge is 2.35. The molecule has 0 aliphatic carbocycles. The van der Waals surface area contributed by atoms with E-state index in [4.69, 9.17) is 5.73 Å². The minimum absolute atomic E-state index is 0.0214. The first-order valence-corrected chi connectivity index (χ1v) is 5.71. The Morgan fingerprint density at radius 3 is 2.70 bits per heavy atom. The Bertz CT molecular complexity index is 612. The number of anilines is 2. The number of halogens is 3. The molecule has 0 fully saturated rings. The van der Waals surface area contributed by atoms with Crippen molar-refractivity contribution in [3.8, 4) is 0 Å². The van der Waals surface area contributed by atoms with Gasteiger partial charge in [0.1, 0.15) is 11.6 Å². The molecule has 8 heteroatoms. The van der Waals surface area contributed by atoms with Crippen LogP contribution in [0.4, 0.5) is 24.8 Å². The summed E-state index contributed by atoms with van der Waals surface area (Å²) in [6.07, 6.45) is -1.35. The van der Waals surface area contributed by atoms with E-state index in [2.05, 4.69) is 20.3 Å². The number of alkyl halides is 3. The van der Waals surface area contributed by atoms with Crippen LogP contribution >= 0.6 is 0 Å². The number of pyridine rings is 1. The monoisotopic (exact) mass is 283 g/mol. The SMILES string of the molecule is Cc1ccncc1CNc1cc(N)nc(C(F)(F)F)n1. The Balaban J connectivity index is 2.18. The molecule has 0 aromatic carbocycles. The highest BCUT2D eigenvalue weighted by atomic mass is 19.4. The van der Waals surface area contributed by atoms with Crippen molar-refractivity contribution in [3.63, 3.8) is 0 Å². The van der Waals surface area contributed by atoms with Crippen LogP contribution in [0, 0.1) is 6.92 Å². The normalized spacial score (nSPS) is 11.4. The molecule has 0 unspecified atom stereocenters. The van der Waals surface area contributed by atoms with Gasteiger partial charge >= 0.3 is 6.18 Å². The highest BCUT2D eigenvalue weighted by molar-refractivity contribution is 5.45. The van der Waals surface area contributed by atoms with Crippen molar-refractivity contribution in [2.24, 2.45) is 0 Å². The summed E-state index contributed by atoms with van der Waals surface area (Å²) in [6.45, 7) is 2.18. The van der Waals surface area contributed by atoms with Crippen LogP contribution in [0.5, 0.6) is 0 Å². The number of nitrogen functional groups attached to an aromatic ring is 1. The summed E-state index contributed by atoms with van der Waals surface area (Å²) < 4.78 is 37.7. The van der Waals surface area contributed by atoms with E-state index in [0.717, 1.165) is 11.1 Å². The average molecular weight is 283 g/mol. The van der Waals surface area contributed by atoms with Gasteiger partial charge in [-0.05, 0) is 24.1 Å². The molecule has 5 nitrogen and oxygen atoms in total. The number of nitrogens with two attached hydrogens (primary N) is 1. The van der Waals surface area contributed by atoms with Gasteiger partial charge in [0.15, 0.2) is 0 Å². The lowest BCUT2D eigenvalue weighted by Crippen LogP contribution is -2.14. The van der Waals surface area contributed by atoms with E-state index in [0.29, 0.717) is 6.54 Å². The number of nitrogens with one attached hydrogen (secondary N) is 1. The van der Waals surface area contributed by atoms with Crippen LogP contribution in [0.25, 0.3) is 0 Å². The minimum atomic E-state index is -4.63. The second kappa shape index (κ2) is 5.32. The Morgan fingerprint density at radius 1 is 1.30 bits per heavy atom. The number of aromatic nitrogens is 3. The molecule has 0 aliphatic heterocycles. The van der Waals surface area contributed by atoms with Crippen molar-refractivity contribution in [1.29, 1.82) is 0 Å². The maximum atomic E-state index is 12.6. The predicted molar refractivity (Wildman–Crippen MR) is 67.7 cm³/mol. The van der Waals surface area contributed by atoms with E-state index in [1.54, 1.807) is 12.4 Å². The van der Waals surface area contributed by atoms with Gasteiger partial charge in [-0.1, -0.05) is 0 Å². The zero-order valence-corrected chi connectivity index (χ0v) is 10.6. The van der Waals surface area contributed by atoms with Crippen molar-refractivity contribution in [3.05, 3.63) is 41.5 Å². The van der Waals surface area contributed by atoms with Crippen LogP contribution in [-0.2, 0) is 12.7 Å². The first-order chi connectivity index (χ1) is 9.36. The van der Waals surface area contributed by atoms with E-state index in [9.17, 15) is 13.2 Å². The third-order valence-corrected chi connectivity index (χ3v) is 2.61. The summed E-state index contributed by atoms with van der Waals surface area (Å²) in [5.41, 5.74) is 7.19. The molecule has 2 aromatic rings. The summed E-state index contributed by atoms with van der Waals surface area (Å²) in [6, 6.07) is 3.06. The molecule has 0 bridgehead atoms. The lowest BCUT2D eigenvalue weighted by Gasteiger charge is -2.11. The molecular weight excluding hydrogens is 271 g/mol. The molecule has 0 radical (unpaired) electrons. The predicted octanol–water partition coefficient (Wildman–Crippen LogP) is 2.39. The number of hydrogen-bond acceptors (Lipinski definition) is 5. The molecule has 0 aliphatic rings. The summed E-state index contributed by atoms with van der Waals surface area (Å²) in [4.78, 5) is 10.5. The molecule has 0 saturated carbocycles. The van der Waals surface area contributed by atoms with Crippen molar-refractivity contribution in [2.75, 3.05) is 11.1 Å². The smallest absolute Gasteiger partial charge is 0.384 e. The second-order valence-corrected chi connectivity index (χ2v) is 4.16. The van der Waals surface area contributed by atoms with Gasteiger partial charge in [-0.2, -0.15) is 13.2 Å². The Hall–Kier alpha value is -2.38. The fourth-order valence-electron chi connectivity index (χ4n) is 1.55. The molecule has 2 aromatic heterocycles. The number of nitrogens with zero attached hydrogens (tertiary/aromatic N) is 3. The first kappa shape index (κ1) is 14.0. The first-order valence-electron chi connectivity index (χ1n) is 5.71. The van der Waals surface area contributed by atoms with Gasteiger partial charge in [0.05, 0.1) is 0 Å². The topological polar surface area (TPSA) is 76.7 Å². The van der Waals surface area contributed by atoms with Crippen LogP contribution in [0.3, 0.4) is 0 Å². The van der Waals surface area contributed by atoms with Crippen molar-refractivity contribution < 1.29 is 13.2 Å². The molecule has 0 atom stereocenters. The van der Waals surface area contributed by atoms with Gasteiger partial charge in [-0.3, -0.25) is 4.98 Å². The van der Waals surface area contributed by atoms with Gasteiger partial charge < -0.3 is 11.1 Å². The molecule has 0 spiro atoms. The summed E-state index contributed by atoms with van der Waals surface area (Å²) in [5, 5.41) is 2.78. The zero-order chi connectivity index (χ0) is 14.8. The Morgan fingerprint density at radius 2 is 2.05 bits per heavy atom.